The lowest BCUT2D eigenvalue weighted by atomic mass is 10.2. The summed E-state index contributed by atoms with van der Waals surface area (Å²) in [5, 5.41) is 3.84. The maximum absolute atomic E-state index is 12.3. The van der Waals surface area contributed by atoms with E-state index >= 15 is 0 Å². The highest BCUT2D eigenvalue weighted by atomic mass is 35.5. The van der Waals surface area contributed by atoms with Gasteiger partial charge in [-0.3, -0.25) is 0 Å². The molecule has 8 heteroatoms. The molecule has 2 rings (SSSR count). The molecule has 0 aliphatic carbocycles. The van der Waals surface area contributed by atoms with E-state index in [0.29, 0.717) is 17.0 Å². The minimum atomic E-state index is -3.81. The summed E-state index contributed by atoms with van der Waals surface area (Å²) in [6.45, 7) is 3.52. The first-order valence-electron chi connectivity index (χ1n) is 5.78. The second-order valence-electron chi connectivity index (χ2n) is 4.29. The summed E-state index contributed by atoms with van der Waals surface area (Å²) >= 11 is 5.91. The lowest BCUT2D eigenvalue weighted by Gasteiger charge is -2.10. The monoisotopic (exact) mass is 315 g/mol. The van der Waals surface area contributed by atoms with Crippen LogP contribution in [0.4, 0.5) is 5.69 Å². The molecule has 0 amide bonds. The highest BCUT2D eigenvalue weighted by Crippen LogP contribution is 2.27. The molecule has 0 fully saturated rings. The predicted octanol–water partition coefficient (Wildman–Crippen LogP) is 2.01. The van der Waals surface area contributed by atoms with E-state index in [4.69, 9.17) is 21.9 Å². The number of anilines is 1. The Morgan fingerprint density at radius 1 is 1.40 bits per heavy atom. The van der Waals surface area contributed by atoms with Crippen molar-refractivity contribution in [2.45, 2.75) is 25.3 Å². The summed E-state index contributed by atoms with van der Waals surface area (Å²) in [5.74, 6) is 0.567. The zero-order chi connectivity index (χ0) is 14.9. The number of benzene rings is 1. The van der Waals surface area contributed by atoms with E-state index in [1.165, 1.54) is 12.1 Å². The van der Waals surface area contributed by atoms with Gasteiger partial charge in [-0.05, 0) is 26.0 Å². The molecule has 2 aromatic rings. The lowest BCUT2D eigenvalue weighted by Crippen LogP contribution is -2.25. The van der Waals surface area contributed by atoms with E-state index < -0.39 is 10.0 Å². The molecular weight excluding hydrogens is 302 g/mol. The second-order valence-corrected chi connectivity index (χ2v) is 6.40. The van der Waals surface area contributed by atoms with Gasteiger partial charge in [-0.25, -0.2) is 13.1 Å². The molecule has 0 radical (unpaired) electrons. The van der Waals surface area contributed by atoms with Gasteiger partial charge in [-0.2, -0.15) is 0 Å². The van der Waals surface area contributed by atoms with E-state index in [9.17, 15) is 8.42 Å². The average Bonchev–Trinajstić information content (AvgIpc) is 2.66. The van der Waals surface area contributed by atoms with Crippen LogP contribution in [-0.4, -0.2) is 13.6 Å². The van der Waals surface area contributed by atoms with E-state index in [-0.39, 0.29) is 22.2 Å². The Bertz CT molecular complexity index is 701. The molecular formula is C12H14ClN3O3S. The zero-order valence-electron chi connectivity index (χ0n) is 11.0. The maximum atomic E-state index is 12.3. The quantitative estimate of drug-likeness (QED) is 0.841. The maximum Gasteiger partial charge on any atom is 0.244 e. The molecule has 0 spiro atoms. The summed E-state index contributed by atoms with van der Waals surface area (Å²) in [4.78, 5) is -0.117. The fourth-order valence-electron chi connectivity index (χ4n) is 1.80. The minimum absolute atomic E-state index is 0.0637. The van der Waals surface area contributed by atoms with Gasteiger partial charge >= 0.3 is 0 Å². The smallest absolute Gasteiger partial charge is 0.244 e. The van der Waals surface area contributed by atoms with Crippen LogP contribution in [0, 0.1) is 13.8 Å². The van der Waals surface area contributed by atoms with Gasteiger partial charge in [0.25, 0.3) is 0 Å². The third-order valence-corrected chi connectivity index (χ3v) is 4.83. The second kappa shape index (κ2) is 5.43. The van der Waals surface area contributed by atoms with Gasteiger partial charge in [0.15, 0.2) is 0 Å². The molecule has 3 N–H and O–H groups in total. The van der Waals surface area contributed by atoms with E-state index in [1.54, 1.807) is 19.9 Å². The first kappa shape index (κ1) is 14.8. The van der Waals surface area contributed by atoms with Crippen LogP contribution in [0.15, 0.2) is 27.6 Å². The number of halogens is 1. The van der Waals surface area contributed by atoms with Crippen molar-refractivity contribution in [3.05, 3.63) is 40.2 Å². The molecule has 0 unspecified atom stereocenters. The third-order valence-electron chi connectivity index (χ3n) is 2.89. The third kappa shape index (κ3) is 2.79. The SMILES string of the molecule is Cc1noc(C)c1CNS(=O)(=O)c1c(N)cccc1Cl. The fourth-order valence-corrected chi connectivity index (χ4v) is 3.47. The van der Waals surface area contributed by atoms with Crippen molar-refractivity contribution < 1.29 is 12.9 Å². The number of nitrogens with one attached hydrogen (secondary N) is 1. The molecule has 0 saturated heterocycles. The lowest BCUT2D eigenvalue weighted by molar-refractivity contribution is 0.392. The molecule has 1 aromatic heterocycles. The number of rotatable bonds is 4. The van der Waals surface area contributed by atoms with Crippen LogP contribution in [0.5, 0.6) is 0 Å². The van der Waals surface area contributed by atoms with Gasteiger partial charge in [0.1, 0.15) is 10.7 Å². The van der Waals surface area contributed by atoms with Crippen molar-refractivity contribution in [2.75, 3.05) is 5.73 Å². The summed E-state index contributed by atoms with van der Waals surface area (Å²) in [6, 6.07) is 4.55. The van der Waals surface area contributed by atoms with Crippen LogP contribution in [0.2, 0.25) is 5.02 Å². The summed E-state index contributed by atoms with van der Waals surface area (Å²) in [7, 11) is -3.81. The summed E-state index contributed by atoms with van der Waals surface area (Å²) in [5.41, 5.74) is 7.11. The topological polar surface area (TPSA) is 98.2 Å². The van der Waals surface area contributed by atoms with Crippen molar-refractivity contribution >= 4 is 27.3 Å². The van der Waals surface area contributed by atoms with Crippen LogP contribution < -0.4 is 10.5 Å². The largest absolute Gasteiger partial charge is 0.398 e. The molecule has 1 aromatic carbocycles. The standard InChI is InChI=1S/C12H14ClN3O3S/c1-7-9(8(2)19-16-7)6-15-20(17,18)12-10(13)4-3-5-11(12)14/h3-5,15H,6,14H2,1-2H3. The normalized spacial score (nSPS) is 11.8. The fraction of sp³-hybridized carbons (Fsp3) is 0.250. The first-order valence-corrected chi connectivity index (χ1v) is 7.64. The van der Waals surface area contributed by atoms with E-state index in [0.717, 1.165) is 0 Å². The molecule has 20 heavy (non-hydrogen) atoms. The summed E-state index contributed by atoms with van der Waals surface area (Å²) < 4.78 is 32.0. The first-order chi connectivity index (χ1) is 9.33. The zero-order valence-corrected chi connectivity index (χ0v) is 12.5. The van der Waals surface area contributed by atoms with Crippen LogP contribution in [0.25, 0.3) is 0 Å². The van der Waals surface area contributed by atoms with E-state index in [1.807, 2.05) is 0 Å². The Balaban J connectivity index is 2.29. The molecule has 0 aliphatic heterocycles. The van der Waals surface area contributed by atoms with Crippen LogP contribution in [-0.2, 0) is 16.6 Å². The van der Waals surface area contributed by atoms with Gasteiger partial charge in [-0.1, -0.05) is 22.8 Å². The number of nitrogens with two attached hydrogens (primary N) is 1. The van der Waals surface area contributed by atoms with Gasteiger partial charge < -0.3 is 10.3 Å². The molecule has 6 nitrogen and oxygen atoms in total. The van der Waals surface area contributed by atoms with E-state index in [2.05, 4.69) is 9.88 Å². The van der Waals surface area contributed by atoms with Gasteiger partial charge in [0, 0.05) is 12.1 Å². The molecule has 0 atom stereocenters. The van der Waals surface area contributed by atoms with Crippen LogP contribution >= 0.6 is 11.6 Å². The Morgan fingerprint density at radius 2 is 2.10 bits per heavy atom. The minimum Gasteiger partial charge on any atom is -0.398 e. The molecule has 0 saturated carbocycles. The number of sulfonamides is 1. The predicted molar refractivity (Wildman–Crippen MR) is 75.9 cm³/mol. The van der Waals surface area contributed by atoms with Crippen LogP contribution in [0.1, 0.15) is 17.0 Å². The van der Waals surface area contributed by atoms with Crippen LogP contribution in [0.3, 0.4) is 0 Å². The highest BCUT2D eigenvalue weighted by molar-refractivity contribution is 7.89. The van der Waals surface area contributed by atoms with Gasteiger partial charge in [0.05, 0.1) is 16.4 Å². The number of nitrogen functional groups attached to an aromatic ring is 1. The number of aryl methyl sites for hydroxylation is 2. The van der Waals surface area contributed by atoms with Crippen molar-refractivity contribution in [3.63, 3.8) is 0 Å². The number of hydrogen-bond acceptors (Lipinski definition) is 5. The molecule has 0 bridgehead atoms. The van der Waals surface area contributed by atoms with Gasteiger partial charge in [0.2, 0.25) is 10.0 Å². The number of nitrogens with zero attached hydrogens (tertiary/aromatic N) is 1. The summed E-state index contributed by atoms with van der Waals surface area (Å²) in [6.07, 6.45) is 0. The molecule has 0 aliphatic rings. The van der Waals surface area contributed by atoms with Gasteiger partial charge in [-0.15, -0.1) is 0 Å². The average molecular weight is 316 g/mol. The Kier molecular flexibility index (Phi) is 4.03. The molecule has 108 valence electrons. The Hall–Kier alpha value is -1.57. The van der Waals surface area contributed by atoms with Crippen molar-refractivity contribution in [3.8, 4) is 0 Å². The highest BCUT2D eigenvalue weighted by Gasteiger charge is 2.22. The van der Waals surface area contributed by atoms with Crippen molar-refractivity contribution in [1.82, 2.24) is 9.88 Å². The molecule has 1 heterocycles. The van der Waals surface area contributed by atoms with Crippen molar-refractivity contribution in [1.29, 1.82) is 0 Å². The number of aromatic nitrogens is 1. The Morgan fingerprint density at radius 3 is 2.65 bits per heavy atom. The number of hydrogen-bond donors (Lipinski definition) is 2. The Labute approximate surface area is 122 Å². The van der Waals surface area contributed by atoms with Crippen molar-refractivity contribution in [2.24, 2.45) is 0 Å².